The fourth-order valence-electron chi connectivity index (χ4n) is 1.55. The van der Waals surface area contributed by atoms with Crippen molar-refractivity contribution in [1.82, 2.24) is 5.32 Å². The monoisotopic (exact) mass is 263 g/mol. The molecule has 0 aliphatic heterocycles. The Hall–Kier alpha value is -2.13. The zero-order valence-corrected chi connectivity index (χ0v) is 11.0. The van der Waals surface area contributed by atoms with Crippen LogP contribution in [-0.2, 0) is 6.54 Å². The molecule has 1 aromatic carbocycles. The smallest absolute Gasteiger partial charge is 0.310 e. The minimum atomic E-state index is -0.516. The van der Waals surface area contributed by atoms with Crippen LogP contribution in [0.1, 0.15) is 19.4 Å². The topological polar surface area (TPSA) is 88.2 Å². The van der Waals surface area contributed by atoms with Crippen molar-refractivity contribution in [3.63, 3.8) is 0 Å². The van der Waals surface area contributed by atoms with Crippen molar-refractivity contribution in [2.24, 2.45) is 5.92 Å². The molecule has 0 atom stereocenters. The summed E-state index contributed by atoms with van der Waals surface area (Å²) in [6.45, 7) is 5.47. The van der Waals surface area contributed by atoms with Crippen LogP contribution < -0.4 is 10.1 Å². The molecular weight excluding hydrogens is 246 g/mol. The molecule has 6 nitrogen and oxygen atoms in total. The highest BCUT2D eigenvalue weighted by molar-refractivity contribution is 5.48. The van der Waals surface area contributed by atoms with Crippen molar-refractivity contribution in [2.75, 3.05) is 13.2 Å². The van der Waals surface area contributed by atoms with E-state index in [9.17, 15) is 10.1 Å². The zero-order valence-electron chi connectivity index (χ0n) is 11.0. The number of hydrogen-bond donors (Lipinski definition) is 1. The summed E-state index contributed by atoms with van der Waals surface area (Å²) in [5, 5.41) is 22.5. The van der Waals surface area contributed by atoms with Gasteiger partial charge in [-0.3, -0.25) is 10.1 Å². The predicted octanol–water partition coefficient (Wildman–Crippen LogP) is 2.24. The van der Waals surface area contributed by atoms with Gasteiger partial charge < -0.3 is 10.1 Å². The molecule has 1 aromatic rings. The Morgan fingerprint density at radius 3 is 2.84 bits per heavy atom. The minimum absolute atomic E-state index is 0.122. The first-order valence-corrected chi connectivity index (χ1v) is 6.02. The van der Waals surface area contributed by atoms with Crippen LogP contribution in [0.15, 0.2) is 18.2 Å². The SMILES string of the molecule is CC(C)CNCc1ccc([N+](=O)[O-])c(OCC#N)c1. The van der Waals surface area contributed by atoms with Gasteiger partial charge in [-0.2, -0.15) is 5.26 Å². The largest absolute Gasteiger partial charge is 0.472 e. The fourth-order valence-corrected chi connectivity index (χ4v) is 1.55. The van der Waals surface area contributed by atoms with Crippen LogP contribution >= 0.6 is 0 Å². The predicted molar refractivity (Wildman–Crippen MR) is 70.7 cm³/mol. The van der Waals surface area contributed by atoms with Gasteiger partial charge >= 0.3 is 5.69 Å². The molecule has 0 saturated carbocycles. The van der Waals surface area contributed by atoms with E-state index < -0.39 is 4.92 Å². The highest BCUT2D eigenvalue weighted by atomic mass is 16.6. The standard InChI is InChI=1S/C13H17N3O3/c1-10(2)8-15-9-11-3-4-12(16(17)18)13(7-11)19-6-5-14/h3-4,7,10,15H,6,8-9H2,1-2H3. The summed E-state index contributed by atoms with van der Waals surface area (Å²) in [5.41, 5.74) is 0.766. The number of nitro benzene ring substituents is 1. The third kappa shape index (κ3) is 4.94. The Kier molecular flexibility index (Phi) is 5.76. The molecule has 0 saturated heterocycles. The van der Waals surface area contributed by atoms with Crippen molar-refractivity contribution < 1.29 is 9.66 Å². The van der Waals surface area contributed by atoms with E-state index in [-0.39, 0.29) is 18.0 Å². The number of nitrogens with zero attached hydrogens (tertiary/aromatic N) is 2. The summed E-state index contributed by atoms with van der Waals surface area (Å²) < 4.78 is 5.09. The van der Waals surface area contributed by atoms with Crippen LogP contribution in [0.4, 0.5) is 5.69 Å². The number of benzene rings is 1. The van der Waals surface area contributed by atoms with Crippen LogP contribution in [0.3, 0.4) is 0 Å². The van der Waals surface area contributed by atoms with Gasteiger partial charge in [0, 0.05) is 12.6 Å². The molecule has 0 fully saturated rings. The maximum absolute atomic E-state index is 10.8. The molecule has 0 aromatic heterocycles. The molecule has 0 heterocycles. The second kappa shape index (κ2) is 7.34. The molecule has 0 amide bonds. The second-order valence-electron chi connectivity index (χ2n) is 4.53. The van der Waals surface area contributed by atoms with Crippen LogP contribution in [0.25, 0.3) is 0 Å². The lowest BCUT2D eigenvalue weighted by molar-refractivity contribution is -0.385. The highest BCUT2D eigenvalue weighted by Gasteiger charge is 2.15. The molecule has 19 heavy (non-hydrogen) atoms. The molecule has 0 unspecified atom stereocenters. The van der Waals surface area contributed by atoms with Crippen molar-refractivity contribution >= 4 is 5.69 Å². The average molecular weight is 263 g/mol. The molecule has 6 heteroatoms. The third-order valence-electron chi connectivity index (χ3n) is 2.39. The third-order valence-corrected chi connectivity index (χ3v) is 2.39. The molecule has 0 aliphatic rings. The average Bonchev–Trinajstić information content (AvgIpc) is 2.35. The van der Waals surface area contributed by atoms with Crippen LogP contribution in [0.5, 0.6) is 5.75 Å². The van der Waals surface area contributed by atoms with E-state index in [1.807, 2.05) is 0 Å². The Morgan fingerprint density at radius 2 is 2.26 bits per heavy atom. The van der Waals surface area contributed by atoms with Crippen molar-refractivity contribution in [3.05, 3.63) is 33.9 Å². The van der Waals surface area contributed by atoms with Gasteiger partial charge in [-0.15, -0.1) is 0 Å². The normalized spacial score (nSPS) is 10.2. The van der Waals surface area contributed by atoms with Gasteiger partial charge in [0.2, 0.25) is 0 Å². The van der Waals surface area contributed by atoms with Crippen molar-refractivity contribution in [1.29, 1.82) is 5.26 Å². The summed E-state index contributed by atoms with van der Waals surface area (Å²) in [4.78, 5) is 10.3. The van der Waals surface area contributed by atoms with E-state index in [0.717, 1.165) is 12.1 Å². The lowest BCUT2D eigenvalue weighted by Gasteiger charge is -2.09. The lowest BCUT2D eigenvalue weighted by atomic mass is 10.1. The fraction of sp³-hybridized carbons (Fsp3) is 0.462. The van der Waals surface area contributed by atoms with E-state index in [0.29, 0.717) is 12.5 Å². The first-order chi connectivity index (χ1) is 9.04. The molecule has 102 valence electrons. The molecular formula is C13H17N3O3. The quantitative estimate of drug-likeness (QED) is 0.602. The number of nitro groups is 1. The Balaban J connectivity index is 2.79. The number of ether oxygens (including phenoxy) is 1. The van der Waals surface area contributed by atoms with Crippen LogP contribution in [0.2, 0.25) is 0 Å². The molecule has 1 rings (SSSR count). The van der Waals surface area contributed by atoms with Gasteiger partial charge in [0.1, 0.15) is 6.07 Å². The lowest BCUT2D eigenvalue weighted by Crippen LogP contribution is -2.19. The van der Waals surface area contributed by atoms with E-state index in [4.69, 9.17) is 10.00 Å². The van der Waals surface area contributed by atoms with E-state index in [1.54, 1.807) is 18.2 Å². The van der Waals surface area contributed by atoms with Gasteiger partial charge in [-0.25, -0.2) is 0 Å². The Bertz CT molecular complexity index is 481. The number of rotatable bonds is 7. The van der Waals surface area contributed by atoms with E-state index >= 15 is 0 Å². The summed E-state index contributed by atoms with van der Waals surface area (Å²) >= 11 is 0. The molecule has 0 radical (unpaired) electrons. The summed E-state index contributed by atoms with van der Waals surface area (Å²) in [7, 11) is 0. The maximum Gasteiger partial charge on any atom is 0.310 e. The maximum atomic E-state index is 10.8. The minimum Gasteiger partial charge on any atom is -0.472 e. The van der Waals surface area contributed by atoms with E-state index in [1.165, 1.54) is 6.07 Å². The van der Waals surface area contributed by atoms with Gasteiger partial charge in [0.15, 0.2) is 12.4 Å². The van der Waals surface area contributed by atoms with Gasteiger partial charge in [-0.1, -0.05) is 19.9 Å². The van der Waals surface area contributed by atoms with Crippen LogP contribution in [0, 0.1) is 27.4 Å². The first-order valence-electron chi connectivity index (χ1n) is 6.02. The molecule has 0 aliphatic carbocycles. The molecule has 0 bridgehead atoms. The first kappa shape index (κ1) is 14.9. The summed E-state index contributed by atoms with van der Waals surface area (Å²) in [6, 6.07) is 6.49. The van der Waals surface area contributed by atoms with Gasteiger partial charge in [0.25, 0.3) is 0 Å². The number of hydrogen-bond acceptors (Lipinski definition) is 5. The number of nitriles is 1. The van der Waals surface area contributed by atoms with Crippen molar-refractivity contribution in [3.8, 4) is 11.8 Å². The van der Waals surface area contributed by atoms with Crippen LogP contribution in [-0.4, -0.2) is 18.1 Å². The van der Waals surface area contributed by atoms with Gasteiger partial charge in [-0.05, 0) is 24.1 Å². The number of nitrogens with one attached hydrogen (secondary N) is 1. The summed E-state index contributed by atoms with van der Waals surface area (Å²) in [6.07, 6.45) is 0. The second-order valence-corrected chi connectivity index (χ2v) is 4.53. The van der Waals surface area contributed by atoms with Gasteiger partial charge in [0.05, 0.1) is 4.92 Å². The van der Waals surface area contributed by atoms with E-state index in [2.05, 4.69) is 19.2 Å². The molecule has 1 N–H and O–H groups in total. The van der Waals surface area contributed by atoms with Crippen molar-refractivity contribution in [2.45, 2.75) is 20.4 Å². The summed E-state index contributed by atoms with van der Waals surface area (Å²) in [5.74, 6) is 0.669. The zero-order chi connectivity index (χ0) is 14.3. The Morgan fingerprint density at radius 1 is 1.53 bits per heavy atom. The molecule has 0 spiro atoms. The highest BCUT2D eigenvalue weighted by Crippen LogP contribution is 2.27. The Labute approximate surface area is 112 Å².